The van der Waals surface area contributed by atoms with E-state index in [-0.39, 0.29) is 5.91 Å². The number of nitrogens with zero attached hydrogens (tertiary/aromatic N) is 2. The highest BCUT2D eigenvalue weighted by atomic mass is 16.2. The lowest BCUT2D eigenvalue weighted by atomic mass is 9.79. The van der Waals surface area contributed by atoms with Gasteiger partial charge in [-0.3, -0.25) is 4.79 Å². The predicted molar refractivity (Wildman–Crippen MR) is 87.5 cm³/mol. The minimum Gasteiger partial charge on any atom is -0.314 e. The Balaban J connectivity index is 2.19. The van der Waals surface area contributed by atoms with Crippen LogP contribution in [0.4, 0.5) is 5.69 Å². The Morgan fingerprint density at radius 3 is 2.55 bits per heavy atom. The Morgan fingerprint density at radius 2 is 1.86 bits per heavy atom. The quantitative estimate of drug-likeness (QED) is 0.860. The summed E-state index contributed by atoms with van der Waals surface area (Å²) < 4.78 is 0. The molecule has 1 atom stereocenters. The SMILES string of the molecule is CN1C(=O)[C@@](C)(CCC#N)c2cccc(-c3ccccc3)c21. The average molecular weight is 290 g/mol. The van der Waals surface area contributed by atoms with E-state index in [1.165, 1.54) is 0 Å². The number of amides is 1. The maximum atomic E-state index is 12.8. The van der Waals surface area contributed by atoms with Gasteiger partial charge in [0.25, 0.3) is 0 Å². The molecule has 1 amide bonds. The minimum atomic E-state index is -0.607. The van der Waals surface area contributed by atoms with Gasteiger partial charge in [-0.15, -0.1) is 0 Å². The number of carbonyl (C=O) groups is 1. The molecule has 3 nitrogen and oxygen atoms in total. The van der Waals surface area contributed by atoms with Crippen LogP contribution in [0.15, 0.2) is 48.5 Å². The summed E-state index contributed by atoms with van der Waals surface area (Å²) in [4.78, 5) is 14.5. The smallest absolute Gasteiger partial charge is 0.237 e. The van der Waals surface area contributed by atoms with E-state index in [9.17, 15) is 4.79 Å². The van der Waals surface area contributed by atoms with Crippen molar-refractivity contribution in [2.45, 2.75) is 25.2 Å². The van der Waals surface area contributed by atoms with Crippen LogP contribution in [-0.4, -0.2) is 13.0 Å². The normalized spacial score (nSPS) is 19.9. The molecule has 0 unspecified atom stereocenters. The lowest BCUT2D eigenvalue weighted by Gasteiger charge is -2.21. The first-order valence-electron chi connectivity index (χ1n) is 7.43. The van der Waals surface area contributed by atoms with E-state index in [4.69, 9.17) is 5.26 Å². The zero-order valence-electron chi connectivity index (χ0n) is 12.8. The van der Waals surface area contributed by atoms with Crippen LogP contribution in [0.1, 0.15) is 25.3 Å². The number of fused-ring (bicyclic) bond motifs is 1. The van der Waals surface area contributed by atoms with Gasteiger partial charge >= 0.3 is 0 Å². The number of rotatable bonds is 3. The van der Waals surface area contributed by atoms with E-state index in [0.29, 0.717) is 12.8 Å². The third-order valence-electron chi connectivity index (χ3n) is 4.56. The summed E-state index contributed by atoms with van der Waals surface area (Å²) in [6, 6.07) is 18.3. The zero-order chi connectivity index (χ0) is 15.7. The molecule has 110 valence electrons. The van der Waals surface area contributed by atoms with Crippen LogP contribution in [0.2, 0.25) is 0 Å². The molecule has 2 aromatic rings. The Labute approximate surface area is 130 Å². The molecule has 0 bridgehead atoms. The van der Waals surface area contributed by atoms with E-state index >= 15 is 0 Å². The van der Waals surface area contributed by atoms with Gasteiger partial charge in [-0.25, -0.2) is 0 Å². The van der Waals surface area contributed by atoms with Gasteiger partial charge in [-0.05, 0) is 24.5 Å². The standard InChI is InChI=1S/C19H18N2O/c1-19(12-7-13-20)16-11-6-10-15(14-8-4-3-5-9-14)17(16)21(2)18(19)22/h3-6,8-11H,7,12H2,1-2H3/t19-/m0/s1. The molecule has 0 saturated heterocycles. The number of para-hydroxylation sites is 1. The number of carbonyl (C=O) groups excluding carboxylic acids is 1. The van der Waals surface area contributed by atoms with Gasteiger partial charge in [0.2, 0.25) is 5.91 Å². The van der Waals surface area contributed by atoms with E-state index in [1.807, 2.05) is 50.4 Å². The fourth-order valence-corrected chi connectivity index (χ4v) is 3.34. The van der Waals surface area contributed by atoms with E-state index in [1.54, 1.807) is 4.90 Å². The van der Waals surface area contributed by atoms with Crippen molar-refractivity contribution in [3.05, 3.63) is 54.1 Å². The van der Waals surface area contributed by atoms with E-state index < -0.39 is 5.41 Å². The molecule has 3 heteroatoms. The van der Waals surface area contributed by atoms with Crippen molar-refractivity contribution in [2.75, 3.05) is 11.9 Å². The van der Waals surface area contributed by atoms with Gasteiger partial charge in [-0.2, -0.15) is 5.26 Å². The van der Waals surface area contributed by atoms with Gasteiger partial charge in [-0.1, -0.05) is 48.5 Å². The summed E-state index contributed by atoms with van der Waals surface area (Å²) in [6.45, 7) is 1.95. The van der Waals surface area contributed by atoms with Crippen LogP contribution < -0.4 is 4.90 Å². The largest absolute Gasteiger partial charge is 0.314 e. The maximum absolute atomic E-state index is 12.8. The van der Waals surface area contributed by atoms with Crippen molar-refractivity contribution >= 4 is 11.6 Å². The van der Waals surface area contributed by atoms with Gasteiger partial charge in [0.15, 0.2) is 0 Å². The van der Waals surface area contributed by atoms with Crippen molar-refractivity contribution in [1.82, 2.24) is 0 Å². The van der Waals surface area contributed by atoms with Crippen LogP contribution >= 0.6 is 0 Å². The highest BCUT2D eigenvalue weighted by molar-refractivity contribution is 6.10. The van der Waals surface area contributed by atoms with Crippen LogP contribution in [-0.2, 0) is 10.2 Å². The molecular weight excluding hydrogens is 272 g/mol. The predicted octanol–water partition coefficient (Wildman–Crippen LogP) is 3.89. The van der Waals surface area contributed by atoms with Crippen molar-refractivity contribution in [3.8, 4) is 17.2 Å². The Morgan fingerprint density at radius 1 is 1.14 bits per heavy atom. The van der Waals surface area contributed by atoms with Crippen LogP contribution in [0, 0.1) is 11.3 Å². The van der Waals surface area contributed by atoms with Gasteiger partial charge in [0.1, 0.15) is 0 Å². The highest BCUT2D eigenvalue weighted by Crippen LogP contribution is 2.48. The molecule has 2 aromatic carbocycles. The number of benzene rings is 2. The number of nitriles is 1. The zero-order valence-corrected chi connectivity index (χ0v) is 12.8. The first-order chi connectivity index (χ1) is 10.6. The third-order valence-corrected chi connectivity index (χ3v) is 4.56. The fraction of sp³-hybridized carbons (Fsp3) is 0.263. The maximum Gasteiger partial charge on any atom is 0.237 e. The lowest BCUT2D eigenvalue weighted by Crippen LogP contribution is -2.36. The molecule has 0 spiro atoms. The summed E-state index contributed by atoms with van der Waals surface area (Å²) in [6.07, 6.45) is 0.934. The number of anilines is 1. The van der Waals surface area contributed by atoms with E-state index in [2.05, 4.69) is 18.2 Å². The van der Waals surface area contributed by atoms with Crippen molar-refractivity contribution in [2.24, 2.45) is 0 Å². The molecule has 1 aliphatic heterocycles. The van der Waals surface area contributed by atoms with Gasteiger partial charge < -0.3 is 4.90 Å². The molecule has 0 aromatic heterocycles. The number of likely N-dealkylation sites (N-methyl/N-ethyl adjacent to an activating group) is 1. The summed E-state index contributed by atoms with van der Waals surface area (Å²) >= 11 is 0. The number of hydrogen-bond acceptors (Lipinski definition) is 2. The second kappa shape index (κ2) is 5.31. The summed E-state index contributed by atoms with van der Waals surface area (Å²) in [5.74, 6) is 0.0705. The monoisotopic (exact) mass is 290 g/mol. The fourth-order valence-electron chi connectivity index (χ4n) is 3.34. The third kappa shape index (κ3) is 2.00. The molecule has 0 N–H and O–H groups in total. The van der Waals surface area contributed by atoms with Crippen LogP contribution in [0.25, 0.3) is 11.1 Å². The molecule has 1 heterocycles. The molecule has 0 aliphatic carbocycles. The van der Waals surface area contributed by atoms with E-state index in [0.717, 1.165) is 22.4 Å². The summed E-state index contributed by atoms with van der Waals surface area (Å²) in [5, 5.41) is 8.90. The first-order valence-corrected chi connectivity index (χ1v) is 7.43. The Hall–Kier alpha value is -2.60. The summed E-state index contributed by atoms with van der Waals surface area (Å²) in [5.41, 5.74) is 3.55. The second-order valence-corrected chi connectivity index (χ2v) is 5.92. The van der Waals surface area contributed by atoms with Crippen LogP contribution in [0.5, 0.6) is 0 Å². The molecule has 0 fully saturated rings. The topological polar surface area (TPSA) is 44.1 Å². The average Bonchev–Trinajstić information content (AvgIpc) is 2.76. The second-order valence-electron chi connectivity index (χ2n) is 5.92. The molecule has 0 saturated carbocycles. The Kier molecular flexibility index (Phi) is 3.46. The highest BCUT2D eigenvalue weighted by Gasteiger charge is 2.46. The number of hydrogen-bond donors (Lipinski definition) is 0. The van der Waals surface area contributed by atoms with Crippen LogP contribution in [0.3, 0.4) is 0 Å². The molecule has 0 radical (unpaired) electrons. The lowest BCUT2D eigenvalue weighted by molar-refractivity contribution is -0.122. The van der Waals surface area contributed by atoms with Crippen molar-refractivity contribution in [3.63, 3.8) is 0 Å². The first kappa shape index (κ1) is 14.3. The van der Waals surface area contributed by atoms with Gasteiger partial charge in [0.05, 0.1) is 17.2 Å². The molecule has 1 aliphatic rings. The van der Waals surface area contributed by atoms with Crippen molar-refractivity contribution in [1.29, 1.82) is 5.26 Å². The Bertz CT molecular complexity index is 761. The minimum absolute atomic E-state index is 0.0705. The molecule has 3 rings (SSSR count). The molecule has 22 heavy (non-hydrogen) atoms. The van der Waals surface area contributed by atoms with Gasteiger partial charge in [0, 0.05) is 19.0 Å². The van der Waals surface area contributed by atoms with Crippen molar-refractivity contribution < 1.29 is 4.79 Å². The summed E-state index contributed by atoms with van der Waals surface area (Å²) in [7, 11) is 1.82. The molecular formula is C19H18N2O.